The first-order valence-corrected chi connectivity index (χ1v) is 6.29. The first kappa shape index (κ1) is 13.9. The van der Waals surface area contributed by atoms with Crippen LogP contribution in [-0.2, 0) is 0 Å². The second-order valence-corrected chi connectivity index (χ2v) is 4.66. The molecule has 6 heteroatoms. The highest BCUT2D eigenvalue weighted by atomic mass is 19.1. The molecule has 22 heavy (non-hydrogen) atoms. The Bertz CT molecular complexity index is 909. The van der Waals surface area contributed by atoms with E-state index in [1.165, 1.54) is 36.4 Å². The molecule has 4 nitrogen and oxygen atoms in total. The van der Waals surface area contributed by atoms with E-state index in [2.05, 4.69) is 4.98 Å². The van der Waals surface area contributed by atoms with Gasteiger partial charge < -0.3 is 10.2 Å². The van der Waals surface area contributed by atoms with Crippen LogP contribution in [0.3, 0.4) is 0 Å². The molecule has 3 aromatic rings. The van der Waals surface area contributed by atoms with Crippen molar-refractivity contribution in [1.29, 1.82) is 0 Å². The van der Waals surface area contributed by atoms with Gasteiger partial charge in [-0.3, -0.25) is 0 Å². The number of hydrogen-bond donors (Lipinski definition) is 2. The van der Waals surface area contributed by atoms with Gasteiger partial charge in [0.25, 0.3) is 0 Å². The van der Waals surface area contributed by atoms with Crippen LogP contribution in [0.2, 0.25) is 0 Å². The Morgan fingerprint density at radius 1 is 1.05 bits per heavy atom. The summed E-state index contributed by atoms with van der Waals surface area (Å²) >= 11 is 0. The predicted molar refractivity (Wildman–Crippen MR) is 75.7 cm³/mol. The van der Waals surface area contributed by atoms with Gasteiger partial charge in [-0.1, -0.05) is 0 Å². The largest absolute Gasteiger partial charge is 0.505 e. The summed E-state index contributed by atoms with van der Waals surface area (Å²) in [6.45, 7) is 0. The molecular weight excluding hydrogens is 292 g/mol. The predicted octanol–water partition coefficient (Wildman–Crippen LogP) is 3.58. The van der Waals surface area contributed by atoms with Crippen molar-refractivity contribution in [2.45, 2.75) is 0 Å². The van der Waals surface area contributed by atoms with Crippen molar-refractivity contribution in [3.8, 4) is 17.0 Å². The van der Waals surface area contributed by atoms with Crippen molar-refractivity contribution in [3.63, 3.8) is 0 Å². The van der Waals surface area contributed by atoms with Crippen molar-refractivity contribution >= 4 is 16.9 Å². The van der Waals surface area contributed by atoms with Gasteiger partial charge in [-0.2, -0.15) is 0 Å². The Morgan fingerprint density at radius 3 is 2.50 bits per heavy atom. The standard InChI is InChI=1S/C16H9F2NO3/c17-11-7-8(16(21)22)1-2-9(11)12-4-3-10-13(19-12)5-6-14(20)15(10)18/h1-7,20H,(H,21,22). The lowest BCUT2D eigenvalue weighted by molar-refractivity contribution is 0.0696. The fourth-order valence-electron chi connectivity index (χ4n) is 2.16. The third-order valence-electron chi connectivity index (χ3n) is 3.28. The monoisotopic (exact) mass is 301 g/mol. The Labute approximate surface area is 123 Å². The number of carboxylic acids is 1. The molecule has 0 saturated carbocycles. The first-order valence-electron chi connectivity index (χ1n) is 6.29. The van der Waals surface area contributed by atoms with E-state index in [1.807, 2.05) is 0 Å². The van der Waals surface area contributed by atoms with Crippen LogP contribution in [0.25, 0.3) is 22.2 Å². The van der Waals surface area contributed by atoms with Crippen molar-refractivity contribution in [2.24, 2.45) is 0 Å². The summed E-state index contributed by atoms with van der Waals surface area (Å²) < 4.78 is 27.7. The molecule has 0 spiro atoms. The van der Waals surface area contributed by atoms with Gasteiger partial charge in [0.15, 0.2) is 11.6 Å². The van der Waals surface area contributed by atoms with Crippen LogP contribution in [-0.4, -0.2) is 21.2 Å². The molecule has 110 valence electrons. The van der Waals surface area contributed by atoms with Gasteiger partial charge in [0.2, 0.25) is 0 Å². The van der Waals surface area contributed by atoms with Crippen molar-refractivity contribution in [2.75, 3.05) is 0 Å². The highest BCUT2D eigenvalue weighted by Gasteiger charge is 2.13. The minimum atomic E-state index is -1.23. The second kappa shape index (κ2) is 5.07. The Morgan fingerprint density at radius 2 is 1.82 bits per heavy atom. The number of phenols is 1. The molecule has 3 rings (SSSR count). The number of halogens is 2. The van der Waals surface area contributed by atoms with Crippen LogP contribution < -0.4 is 0 Å². The first-order chi connectivity index (χ1) is 10.5. The van der Waals surface area contributed by atoms with Crippen LogP contribution in [0.4, 0.5) is 8.78 Å². The van der Waals surface area contributed by atoms with E-state index >= 15 is 0 Å². The lowest BCUT2D eigenvalue weighted by Gasteiger charge is -2.06. The molecule has 0 unspecified atom stereocenters. The molecule has 2 aromatic carbocycles. The van der Waals surface area contributed by atoms with Crippen LogP contribution in [0.5, 0.6) is 5.75 Å². The summed E-state index contributed by atoms with van der Waals surface area (Å²) in [4.78, 5) is 14.9. The normalized spacial score (nSPS) is 10.8. The summed E-state index contributed by atoms with van der Waals surface area (Å²) in [6, 6.07) is 8.86. The summed E-state index contributed by atoms with van der Waals surface area (Å²) in [5.74, 6) is -3.24. The van der Waals surface area contributed by atoms with Gasteiger partial charge in [-0.15, -0.1) is 0 Å². The topological polar surface area (TPSA) is 70.4 Å². The Kier molecular flexibility index (Phi) is 3.21. The lowest BCUT2D eigenvalue weighted by atomic mass is 10.1. The fourth-order valence-corrected chi connectivity index (χ4v) is 2.16. The maximum absolute atomic E-state index is 14.0. The van der Waals surface area contributed by atoms with E-state index in [0.717, 1.165) is 6.07 Å². The summed E-state index contributed by atoms with van der Waals surface area (Å²) in [5, 5.41) is 18.2. The minimum absolute atomic E-state index is 0.111. The maximum atomic E-state index is 14.0. The Balaban J connectivity index is 2.15. The van der Waals surface area contributed by atoms with Gasteiger partial charge in [0.1, 0.15) is 5.82 Å². The molecular formula is C16H9F2NO3. The third-order valence-corrected chi connectivity index (χ3v) is 3.28. The average molecular weight is 301 g/mol. The molecule has 1 heterocycles. The van der Waals surface area contributed by atoms with E-state index in [0.29, 0.717) is 0 Å². The van der Waals surface area contributed by atoms with E-state index in [4.69, 9.17) is 5.11 Å². The number of fused-ring (bicyclic) bond motifs is 1. The quantitative estimate of drug-likeness (QED) is 0.759. The van der Waals surface area contributed by atoms with Crippen LogP contribution in [0.15, 0.2) is 42.5 Å². The van der Waals surface area contributed by atoms with Crippen molar-refractivity contribution in [3.05, 3.63) is 59.7 Å². The molecule has 0 bridgehead atoms. The number of benzene rings is 2. The third kappa shape index (κ3) is 2.24. The highest BCUT2D eigenvalue weighted by Crippen LogP contribution is 2.28. The molecule has 2 N–H and O–H groups in total. The maximum Gasteiger partial charge on any atom is 0.335 e. The number of rotatable bonds is 2. The molecule has 0 aliphatic heterocycles. The molecule has 0 aliphatic rings. The zero-order valence-electron chi connectivity index (χ0n) is 11.0. The van der Waals surface area contributed by atoms with Gasteiger partial charge >= 0.3 is 5.97 Å². The number of pyridine rings is 1. The molecule has 0 amide bonds. The SMILES string of the molecule is O=C(O)c1ccc(-c2ccc3c(F)c(O)ccc3n2)c(F)c1. The Hall–Kier alpha value is -3.02. The lowest BCUT2D eigenvalue weighted by Crippen LogP contribution is -1.98. The molecule has 1 aromatic heterocycles. The zero-order chi connectivity index (χ0) is 15.9. The number of aromatic hydroxyl groups is 1. The number of phenolic OH excluding ortho intramolecular Hbond substituents is 1. The van der Waals surface area contributed by atoms with Crippen molar-refractivity contribution in [1.82, 2.24) is 4.98 Å². The minimum Gasteiger partial charge on any atom is -0.505 e. The number of hydrogen-bond acceptors (Lipinski definition) is 3. The van der Waals surface area contributed by atoms with E-state index in [1.54, 1.807) is 0 Å². The molecule has 0 atom stereocenters. The van der Waals surface area contributed by atoms with Gasteiger partial charge in [-0.25, -0.2) is 18.6 Å². The van der Waals surface area contributed by atoms with Gasteiger partial charge in [-0.05, 0) is 42.5 Å². The fraction of sp³-hybridized carbons (Fsp3) is 0. The summed E-state index contributed by atoms with van der Waals surface area (Å²) in [5.41, 5.74) is 0.444. The van der Waals surface area contributed by atoms with E-state index in [9.17, 15) is 18.7 Å². The molecule has 0 fully saturated rings. The van der Waals surface area contributed by atoms with Gasteiger partial charge in [0.05, 0.1) is 16.8 Å². The van der Waals surface area contributed by atoms with Crippen LogP contribution in [0.1, 0.15) is 10.4 Å². The smallest absolute Gasteiger partial charge is 0.335 e. The summed E-state index contributed by atoms with van der Waals surface area (Å²) in [6.07, 6.45) is 0. The van der Waals surface area contributed by atoms with E-state index in [-0.39, 0.29) is 27.7 Å². The number of nitrogens with zero attached hydrogens (tertiary/aromatic N) is 1. The summed E-state index contributed by atoms with van der Waals surface area (Å²) in [7, 11) is 0. The number of carboxylic acid groups (broad SMARTS) is 1. The zero-order valence-corrected chi connectivity index (χ0v) is 11.0. The second-order valence-electron chi connectivity index (χ2n) is 4.66. The van der Waals surface area contributed by atoms with Crippen LogP contribution >= 0.6 is 0 Å². The van der Waals surface area contributed by atoms with Crippen LogP contribution in [0, 0.1) is 11.6 Å². The molecule has 0 aliphatic carbocycles. The highest BCUT2D eigenvalue weighted by molar-refractivity contribution is 5.89. The number of aromatic nitrogens is 1. The van der Waals surface area contributed by atoms with Crippen molar-refractivity contribution < 1.29 is 23.8 Å². The molecule has 0 radical (unpaired) electrons. The molecule has 0 saturated heterocycles. The van der Waals surface area contributed by atoms with Gasteiger partial charge in [0, 0.05) is 10.9 Å². The van der Waals surface area contributed by atoms with E-state index < -0.39 is 23.4 Å². The average Bonchev–Trinajstić information content (AvgIpc) is 2.50. The number of aromatic carboxylic acids is 1. The number of carbonyl (C=O) groups is 1.